The molecular weight excluding hydrogens is 458 g/mol. The van der Waals surface area contributed by atoms with Gasteiger partial charge >= 0.3 is 5.69 Å². The van der Waals surface area contributed by atoms with Crippen LogP contribution in [0.2, 0.25) is 5.02 Å². The van der Waals surface area contributed by atoms with Crippen LogP contribution in [0, 0.1) is 10.1 Å². The van der Waals surface area contributed by atoms with Crippen molar-refractivity contribution in [3.05, 3.63) is 39.4 Å². The second-order valence-electron chi connectivity index (χ2n) is 7.40. The maximum atomic E-state index is 12.1. The molecule has 32 heavy (non-hydrogen) atoms. The topological polar surface area (TPSA) is 125 Å². The molecule has 0 saturated carbocycles. The largest absolute Gasteiger partial charge is 0.353 e. The average molecular weight is 480 g/mol. The molecule has 0 bridgehead atoms. The van der Waals surface area contributed by atoms with Crippen molar-refractivity contribution in [3.8, 4) is 0 Å². The summed E-state index contributed by atoms with van der Waals surface area (Å²) in [6.45, 7) is 2.87. The van der Waals surface area contributed by atoms with Gasteiger partial charge in [-0.2, -0.15) is 9.97 Å². The van der Waals surface area contributed by atoms with E-state index in [-0.39, 0.29) is 17.3 Å². The average Bonchev–Trinajstić information content (AvgIpc) is 2.80. The van der Waals surface area contributed by atoms with Crippen molar-refractivity contribution in [1.82, 2.24) is 14.9 Å². The maximum absolute atomic E-state index is 12.1. The summed E-state index contributed by atoms with van der Waals surface area (Å²) < 4.78 is 11.8. The lowest BCUT2D eigenvalue weighted by Gasteiger charge is -2.33. The van der Waals surface area contributed by atoms with E-state index >= 15 is 0 Å². The van der Waals surface area contributed by atoms with Crippen LogP contribution in [0.5, 0.6) is 0 Å². The van der Waals surface area contributed by atoms with Crippen LogP contribution in [-0.4, -0.2) is 81.2 Å². The molecule has 4 rings (SSSR count). The molecule has 1 aromatic heterocycles. The number of hydrogen-bond acceptors (Lipinski definition) is 9. The summed E-state index contributed by atoms with van der Waals surface area (Å²) in [5, 5.41) is 15.7. The van der Waals surface area contributed by atoms with E-state index in [0.717, 1.165) is 6.41 Å². The van der Waals surface area contributed by atoms with Crippen molar-refractivity contribution in [2.45, 2.75) is 0 Å². The number of rotatable bonds is 6. The van der Waals surface area contributed by atoms with Crippen LogP contribution in [0.3, 0.4) is 0 Å². The van der Waals surface area contributed by atoms with Crippen molar-refractivity contribution in [1.29, 1.82) is 0 Å². The molecule has 2 aliphatic rings. The van der Waals surface area contributed by atoms with Gasteiger partial charge in [-0.15, -0.1) is 0 Å². The maximum Gasteiger partial charge on any atom is 0.353 e. The van der Waals surface area contributed by atoms with Crippen LogP contribution in [0.1, 0.15) is 0 Å². The number of carbonyl (C=O) groups excluding carboxylic acids is 1. The lowest BCUT2D eigenvalue weighted by molar-refractivity contribution is -0.383. The van der Waals surface area contributed by atoms with Gasteiger partial charge in [0.05, 0.1) is 4.92 Å². The Hall–Kier alpha value is -2.99. The predicted molar refractivity (Wildman–Crippen MR) is 123 cm³/mol. The van der Waals surface area contributed by atoms with Crippen molar-refractivity contribution in [2.75, 3.05) is 65.9 Å². The number of nitrogens with one attached hydrogen (secondary N) is 1. The Labute approximate surface area is 192 Å². The zero-order valence-corrected chi connectivity index (χ0v) is 18.7. The summed E-state index contributed by atoms with van der Waals surface area (Å²) in [6, 6.07) is 6.77. The molecule has 1 amide bonds. The molecule has 170 valence electrons. The van der Waals surface area contributed by atoms with Crippen LogP contribution >= 0.6 is 11.6 Å². The molecule has 0 aliphatic carbocycles. The van der Waals surface area contributed by atoms with Gasteiger partial charge in [-0.3, -0.25) is 19.1 Å². The molecule has 2 aliphatic heterocycles. The van der Waals surface area contributed by atoms with Crippen LogP contribution < -0.4 is 15.1 Å². The number of nitrogens with zero attached hydrogens (tertiary/aromatic N) is 6. The van der Waals surface area contributed by atoms with Crippen LogP contribution in [-0.2, 0) is 15.6 Å². The molecule has 2 aromatic rings. The number of benzene rings is 1. The van der Waals surface area contributed by atoms with Gasteiger partial charge in [0.25, 0.3) is 0 Å². The van der Waals surface area contributed by atoms with Gasteiger partial charge < -0.3 is 20.0 Å². The number of anilines is 4. The molecule has 0 atom stereocenters. The van der Waals surface area contributed by atoms with Gasteiger partial charge in [0.2, 0.25) is 24.0 Å². The van der Waals surface area contributed by atoms with Crippen LogP contribution in [0.4, 0.5) is 29.0 Å². The highest BCUT2D eigenvalue weighted by molar-refractivity contribution is 7.85. The highest BCUT2D eigenvalue weighted by Gasteiger charge is 2.32. The molecule has 0 radical (unpaired) electrons. The van der Waals surface area contributed by atoms with E-state index in [0.29, 0.717) is 67.4 Å². The second-order valence-corrected chi connectivity index (χ2v) is 9.53. The van der Waals surface area contributed by atoms with E-state index in [1.165, 1.54) is 0 Å². The first kappa shape index (κ1) is 22.2. The minimum atomic E-state index is -0.938. The lowest BCUT2D eigenvalue weighted by Crippen LogP contribution is -2.46. The van der Waals surface area contributed by atoms with E-state index in [9.17, 15) is 19.1 Å². The zero-order valence-electron chi connectivity index (χ0n) is 17.1. The highest BCUT2D eigenvalue weighted by atomic mass is 35.5. The molecule has 2 saturated heterocycles. The quantitative estimate of drug-likeness (QED) is 0.373. The fourth-order valence-corrected chi connectivity index (χ4v) is 4.77. The number of hydrogen-bond donors (Lipinski definition) is 1. The molecule has 11 nitrogen and oxygen atoms in total. The molecule has 2 fully saturated rings. The lowest BCUT2D eigenvalue weighted by atomic mass is 10.3. The van der Waals surface area contributed by atoms with Gasteiger partial charge in [0.15, 0.2) is 0 Å². The number of halogens is 1. The molecule has 3 heterocycles. The van der Waals surface area contributed by atoms with E-state index in [2.05, 4.69) is 15.3 Å². The summed E-state index contributed by atoms with van der Waals surface area (Å²) in [5.41, 5.74) is 0.363. The third-order valence-corrected chi connectivity index (χ3v) is 6.89. The monoisotopic (exact) mass is 479 g/mol. The Morgan fingerprint density at radius 2 is 1.69 bits per heavy atom. The van der Waals surface area contributed by atoms with Gasteiger partial charge in [0.1, 0.15) is 0 Å². The van der Waals surface area contributed by atoms with Gasteiger partial charge in [-0.05, 0) is 24.3 Å². The van der Waals surface area contributed by atoms with Crippen molar-refractivity contribution < 1.29 is 13.9 Å². The van der Waals surface area contributed by atoms with Crippen molar-refractivity contribution >= 4 is 57.8 Å². The van der Waals surface area contributed by atoms with E-state index in [1.807, 2.05) is 4.90 Å². The molecule has 0 spiro atoms. The summed E-state index contributed by atoms with van der Waals surface area (Å²) in [7, 11) is -0.938. The Morgan fingerprint density at radius 1 is 1.03 bits per heavy atom. The van der Waals surface area contributed by atoms with E-state index in [1.54, 1.807) is 34.1 Å². The standard InChI is InChI=1S/C19H22ClN7O4S/c20-14-1-3-15(4-2-14)21-17-16(27(29)30)18(25-9-11-32(31)12-10-25)23-19(22-17)26-7-5-24(13-28)6-8-26/h1-4,13H,5-12H2,(H,21,22,23). The normalized spacial score (nSPS) is 17.3. The third-order valence-electron chi connectivity index (χ3n) is 5.37. The first-order chi connectivity index (χ1) is 15.4. The van der Waals surface area contributed by atoms with Gasteiger partial charge in [0, 0.05) is 72.3 Å². The van der Waals surface area contributed by atoms with Gasteiger partial charge in [-0.1, -0.05) is 11.6 Å². The minimum absolute atomic E-state index is 0.0711. The highest BCUT2D eigenvalue weighted by Crippen LogP contribution is 2.37. The molecular formula is C19H22ClN7O4S. The Morgan fingerprint density at radius 3 is 2.28 bits per heavy atom. The summed E-state index contributed by atoms with van der Waals surface area (Å²) in [5.74, 6) is 1.47. The Kier molecular flexibility index (Phi) is 6.70. The number of aromatic nitrogens is 2. The summed E-state index contributed by atoms with van der Waals surface area (Å²) in [4.78, 5) is 37.0. The Balaban J connectivity index is 1.75. The number of nitro groups is 1. The molecule has 13 heteroatoms. The van der Waals surface area contributed by atoms with E-state index in [4.69, 9.17) is 11.6 Å². The summed E-state index contributed by atoms with van der Waals surface area (Å²) >= 11 is 5.96. The molecule has 1 N–H and O–H groups in total. The van der Waals surface area contributed by atoms with Crippen LogP contribution in [0.25, 0.3) is 0 Å². The summed E-state index contributed by atoms with van der Waals surface area (Å²) in [6.07, 6.45) is 0.806. The second kappa shape index (κ2) is 9.65. The fraction of sp³-hybridized carbons (Fsp3) is 0.421. The fourth-order valence-electron chi connectivity index (χ4n) is 3.60. The SMILES string of the molecule is O=CN1CCN(c2nc(Nc3ccc(Cl)cc3)c([N+](=O)[O-])c(N3CCS(=O)CC3)n2)CC1. The van der Waals surface area contributed by atoms with E-state index < -0.39 is 15.7 Å². The van der Waals surface area contributed by atoms with Crippen molar-refractivity contribution in [2.24, 2.45) is 0 Å². The Bertz CT molecular complexity index is 1020. The first-order valence-electron chi connectivity index (χ1n) is 10.1. The molecule has 1 aromatic carbocycles. The third kappa shape index (κ3) is 4.91. The van der Waals surface area contributed by atoms with Crippen molar-refractivity contribution in [3.63, 3.8) is 0 Å². The first-order valence-corrected chi connectivity index (χ1v) is 11.9. The number of carbonyl (C=O) groups is 1. The van der Waals surface area contributed by atoms with Gasteiger partial charge in [-0.25, -0.2) is 0 Å². The smallest absolute Gasteiger partial charge is 0.349 e. The number of piperazine rings is 1. The minimum Gasteiger partial charge on any atom is -0.349 e. The zero-order chi connectivity index (χ0) is 22.7. The number of amides is 1. The molecule has 0 unspecified atom stereocenters. The van der Waals surface area contributed by atoms with Crippen LogP contribution in [0.15, 0.2) is 24.3 Å². The predicted octanol–water partition coefficient (Wildman–Crippen LogP) is 1.63.